The number of carboxylic acids is 1. The van der Waals surface area contributed by atoms with Crippen LogP contribution in [0.4, 0.5) is 23.1 Å². The minimum Gasteiger partial charge on any atom is -0.481 e. The molecule has 2 N–H and O–H groups in total. The number of hydrogen-bond acceptors (Lipinski definition) is 7. The highest BCUT2D eigenvalue weighted by molar-refractivity contribution is 6.32. The molecule has 2 aliphatic heterocycles. The Labute approximate surface area is 180 Å². The summed E-state index contributed by atoms with van der Waals surface area (Å²) >= 11 is 6.32. The number of carbonyl (C=O) groups is 1. The third kappa shape index (κ3) is 4.60. The first-order valence-electron chi connectivity index (χ1n) is 10.2. The topological polar surface area (TPSA) is 90.8 Å². The van der Waals surface area contributed by atoms with E-state index in [4.69, 9.17) is 21.4 Å². The number of carboxylic acid groups (broad SMARTS) is 1. The van der Waals surface area contributed by atoms with Crippen molar-refractivity contribution in [2.75, 3.05) is 41.9 Å². The lowest BCUT2D eigenvalue weighted by molar-refractivity contribution is -0.142. The van der Waals surface area contributed by atoms with E-state index >= 15 is 0 Å². The standard InChI is InChI=1S/C21H26ClN5O3/c1-26(18-3-2-12-30-18)19-17(22)13-23-21(25-19)24-15-4-6-16(7-5-15)27-10-8-14(9-11-27)20(28)29/h4-7,13-14,18H,2-3,8-12H2,1H3,(H,28,29)(H,23,24,25)/t18-/m1/s1. The van der Waals surface area contributed by atoms with Crippen LogP contribution >= 0.6 is 11.6 Å². The molecule has 9 heteroatoms. The van der Waals surface area contributed by atoms with Crippen molar-refractivity contribution >= 4 is 40.7 Å². The fourth-order valence-corrected chi connectivity index (χ4v) is 4.16. The second kappa shape index (κ2) is 9.06. The molecule has 1 atom stereocenters. The zero-order valence-electron chi connectivity index (χ0n) is 16.9. The maximum absolute atomic E-state index is 11.1. The molecule has 2 saturated heterocycles. The molecule has 0 unspecified atom stereocenters. The molecular formula is C21H26ClN5O3. The lowest BCUT2D eigenvalue weighted by atomic mass is 9.97. The Kier molecular flexibility index (Phi) is 6.24. The van der Waals surface area contributed by atoms with Crippen LogP contribution in [0.5, 0.6) is 0 Å². The summed E-state index contributed by atoms with van der Waals surface area (Å²) in [6, 6.07) is 8.00. The third-order valence-electron chi connectivity index (χ3n) is 5.73. The molecule has 0 saturated carbocycles. The molecule has 30 heavy (non-hydrogen) atoms. The van der Waals surface area contributed by atoms with Crippen molar-refractivity contribution in [2.24, 2.45) is 5.92 Å². The van der Waals surface area contributed by atoms with Gasteiger partial charge in [-0.05, 0) is 49.9 Å². The van der Waals surface area contributed by atoms with Crippen LogP contribution in [0.3, 0.4) is 0 Å². The van der Waals surface area contributed by atoms with E-state index in [-0.39, 0.29) is 12.1 Å². The second-order valence-electron chi connectivity index (χ2n) is 7.72. The van der Waals surface area contributed by atoms with Crippen molar-refractivity contribution in [3.05, 3.63) is 35.5 Å². The first kappa shape index (κ1) is 20.7. The van der Waals surface area contributed by atoms with E-state index < -0.39 is 5.97 Å². The maximum atomic E-state index is 11.1. The van der Waals surface area contributed by atoms with Gasteiger partial charge in [0.15, 0.2) is 5.82 Å². The molecule has 0 aliphatic carbocycles. The highest BCUT2D eigenvalue weighted by Gasteiger charge is 2.25. The number of hydrogen-bond donors (Lipinski definition) is 2. The van der Waals surface area contributed by atoms with Gasteiger partial charge in [-0.3, -0.25) is 4.79 Å². The molecule has 2 aromatic rings. The molecule has 0 radical (unpaired) electrons. The number of rotatable bonds is 6. The van der Waals surface area contributed by atoms with E-state index in [1.54, 1.807) is 6.20 Å². The van der Waals surface area contributed by atoms with E-state index in [9.17, 15) is 4.79 Å². The van der Waals surface area contributed by atoms with Crippen molar-refractivity contribution in [1.29, 1.82) is 0 Å². The molecule has 3 heterocycles. The van der Waals surface area contributed by atoms with Crippen LogP contribution in [0, 0.1) is 5.92 Å². The van der Waals surface area contributed by atoms with Crippen molar-refractivity contribution in [3.63, 3.8) is 0 Å². The molecule has 4 rings (SSSR count). The van der Waals surface area contributed by atoms with Gasteiger partial charge in [0, 0.05) is 38.1 Å². The lowest BCUT2D eigenvalue weighted by Crippen LogP contribution is -2.36. The minimum atomic E-state index is -0.693. The van der Waals surface area contributed by atoms with Gasteiger partial charge < -0.3 is 25.0 Å². The number of benzene rings is 1. The largest absolute Gasteiger partial charge is 0.481 e. The van der Waals surface area contributed by atoms with Crippen molar-refractivity contribution in [3.8, 4) is 0 Å². The summed E-state index contributed by atoms with van der Waals surface area (Å²) in [5, 5.41) is 12.9. The average Bonchev–Trinajstić information content (AvgIpc) is 3.30. The van der Waals surface area contributed by atoms with E-state index in [1.807, 2.05) is 36.2 Å². The number of aliphatic carboxylic acids is 1. The average molecular weight is 432 g/mol. The van der Waals surface area contributed by atoms with Gasteiger partial charge in [0.25, 0.3) is 0 Å². The molecule has 2 fully saturated rings. The third-order valence-corrected chi connectivity index (χ3v) is 6.00. The lowest BCUT2D eigenvalue weighted by Gasteiger charge is -2.32. The van der Waals surface area contributed by atoms with Crippen LogP contribution in [0.1, 0.15) is 25.7 Å². The summed E-state index contributed by atoms with van der Waals surface area (Å²) in [5.41, 5.74) is 1.95. The normalized spacial score (nSPS) is 19.7. The van der Waals surface area contributed by atoms with Crippen molar-refractivity contribution < 1.29 is 14.6 Å². The molecule has 0 amide bonds. The quantitative estimate of drug-likeness (QED) is 0.714. The van der Waals surface area contributed by atoms with E-state index in [2.05, 4.69) is 20.2 Å². The number of piperidine rings is 1. The van der Waals surface area contributed by atoms with Gasteiger partial charge in [0.05, 0.1) is 12.1 Å². The summed E-state index contributed by atoms with van der Waals surface area (Å²) in [7, 11) is 1.93. The molecule has 0 spiro atoms. The summed E-state index contributed by atoms with van der Waals surface area (Å²) in [5.74, 6) is 0.182. The number of nitrogens with one attached hydrogen (secondary N) is 1. The van der Waals surface area contributed by atoms with Gasteiger partial charge in [-0.1, -0.05) is 11.6 Å². The van der Waals surface area contributed by atoms with E-state index in [0.717, 1.165) is 43.9 Å². The predicted molar refractivity (Wildman–Crippen MR) is 117 cm³/mol. The molecule has 2 aliphatic rings. The highest BCUT2D eigenvalue weighted by atomic mass is 35.5. The monoisotopic (exact) mass is 431 g/mol. The Morgan fingerprint density at radius 1 is 1.27 bits per heavy atom. The van der Waals surface area contributed by atoms with Crippen LogP contribution in [-0.4, -0.2) is 54.0 Å². The fourth-order valence-electron chi connectivity index (χ4n) is 3.94. The summed E-state index contributed by atoms with van der Waals surface area (Å²) in [6.45, 7) is 2.26. The molecule has 1 aromatic carbocycles. The SMILES string of the molecule is CN(c1nc(Nc2ccc(N3CCC(C(=O)O)CC3)cc2)ncc1Cl)[C@H]1CCCO1. The van der Waals surface area contributed by atoms with Crippen LogP contribution in [0.2, 0.25) is 5.02 Å². The number of aromatic nitrogens is 2. The van der Waals surface area contributed by atoms with Crippen molar-refractivity contribution in [1.82, 2.24) is 9.97 Å². The Morgan fingerprint density at radius 2 is 2.00 bits per heavy atom. The number of anilines is 4. The van der Waals surface area contributed by atoms with Crippen LogP contribution in [0.15, 0.2) is 30.5 Å². The van der Waals surface area contributed by atoms with Gasteiger partial charge in [-0.2, -0.15) is 4.98 Å². The number of halogens is 1. The van der Waals surface area contributed by atoms with Crippen molar-refractivity contribution in [2.45, 2.75) is 31.9 Å². The minimum absolute atomic E-state index is 0.0187. The summed E-state index contributed by atoms with van der Waals surface area (Å²) in [4.78, 5) is 24.2. The van der Waals surface area contributed by atoms with E-state index in [1.165, 1.54) is 0 Å². The Bertz CT molecular complexity index is 881. The Balaban J connectivity index is 1.41. The van der Waals surface area contributed by atoms with Gasteiger partial charge in [0.1, 0.15) is 11.3 Å². The maximum Gasteiger partial charge on any atom is 0.306 e. The molecule has 8 nitrogen and oxygen atoms in total. The molecule has 160 valence electrons. The van der Waals surface area contributed by atoms with Crippen LogP contribution in [-0.2, 0) is 9.53 Å². The van der Waals surface area contributed by atoms with E-state index in [0.29, 0.717) is 29.6 Å². The zero-order valence-corrected chi connectivity index (χ0v) is 17.7. The molecule has 1 aromatic heterocycles. The zero-order chi connectivity index (χ0) is 21.1. The first-order valence-corrected chi connectivity index (χ1v) is 10.6. The van der Waals surface area contributed by atoms with Crippen LogP contribution < -0.4 is 15.1 Å². The predicted octanol–water partition coefficient (Wildman–Crippen LogP) is 3.75. The number of nitrogens with zero attached hydrogens (tertiary/aromatic N) is 4. The fraction of sp³-hybridized carbons (Fsp3) is 0.476. The highest BCUT2D eigenvalue weighted by Crippen LogP contribution is 2.29. The first-order chi connectivity index (χ1) is 14.5. The number of ether oxygens (including phenoxy) is 1. The Morgan fingerprint density at radius 3 is 2.63 bits per heavy atom. The van der Waals surface area contributed by atoms with Crippen LogP contribution in [0.25, 0.3) is 0 Å². The summed E-state index contributed by atoms with van der Waals surface area (Å²) in [6.07, 6.45) is 4.91. The Hall–Kier alpha value is -2.58. The van der Waals surface area contributed by atoms with Gasteiger partial charge in [-0.25, -0.2) is 4.98 Å². The van der Waals surface area contributed by atoms with Gasteiger partial charge in [-0.15, -0.1) is 0 Å². The summed E-state index contributed by atoms with van der Waals surface area (Å²) < 4.78 is 5.72. The van der Waals surface area contributed by atoms with Gasteiger partial charge in [0.2, 0.25) is 5.95 Å². The molecule has 0 bridgehead atoms. The van der Waals surface area contributed by atoms with Gasteiger partial charge >= 0.3 is 5.97 Å². The molecular weight excluding hydrogens is 406 g/mol. The second-order valence-corrected chi connectivity index (χ2v) is 8.12. The smallest absolute Gasteiger partial charge is 0.306 e.